The van der Waals surface area contributed by atoms with Crippen molar-refractivity contribution in [3.8, 4) is 5.88 Å². The summed E-state index contributed by atoms with van der Waals surface area (Å²) in [4.78, 5) is 50.9. The number of hydrogen-bond acceptors (Lipinski definition) is 20. The Bertz CT molecular complexity index is 2250. The summed E-state index contributed by atoms with van der Waals surface area (Å²) in [5.41, 5.74) is 8.95. The Balaban J connectivity index is 1.07. The van der Waals surface area contributed by atoms with Gasteiger partial charge >= 0.3 is 23.0 Å². The monoisotopic (exact) mass is 813 g/mol. The van der Waals surface area contributed by atoms with Gasteiger partial charge in [-0.05, 0) is 6.42 Å². The smallest absolute Gasteiger partial charge is 0.479 e. The van der Waals surface area contributed by atoms with E-state index in [4.69, 9.17) is 29.8 Å². The Labute approximate surface area is 296 Å². The maximum atomic E-state index is 13.2. The number of nitrogens with zero attached hydrogens (tertiary/aromatic N) is 7. The van der Waals surface area contributed by atoms with E-state index in [0.29, 0.717) is 6.66 Å². The second-order valence-electron chi connectivity index (χ2n) is 12.4. The summed E-state index contributed by atoms with van der Waals surface area (Å²) >= 11 is 0. The number of aromatic amines is 1. The molecule has 0 aromatic carbocycles. The number of imidazole rings is 2. The van der Waals surface area contributed by atoms with Gasteiger partial charge in [0.2, 0.25) is 24.5 Å². The van der Waals surface area contributed by atoms with Gasteiger partial charge in [0.05, 0.1) is 31.7 Å². The molecule has 12 N–H and O–H groups in total. The molecule has 5 unspecified atom stereocenters. The molecule has 2 saturated heterocycles. The number of aromatic nitrogens is 8. The first-order chi connectivity index (χ1) is 24.6. The lowest BCUT2D eigenvalue weighted by atomic mass is 10.1. The van der Waals surface area contributed by atoms with Gasteiger partial charge in [-0.1, -0.05) is 6.92 Å². The van der Waals surface area contributed by atoms with Crippen LogP contribution in [0.4, 0.5) is 11.9 Å². The number of phosphoric ester groups is 1. The minimum absolute atomic E-state index is 0.00995. The Kier molecular flexibility index (Phi) is 10.4. The first kappa shape index (κ1) is 39.2. The minimum Gasteiger partial charge on any atom is -0.490 e. The number of rotatable bonds is 12. The lowest BCUT2D eigenvalue weighted by Crippen LogP contribution is -2.34. The van der Waals surface area contributed by atoms with Gasteiger partial charge in [0.25, 0.3) is 22.6 Å². The first-order valence-electron chi connectivity index (χ1n) is 15.4. The van der Waals surface area contributed by atoms with Crippen LogP contribution in [-0.4, -0.2) is 125 Å². The maximum Gasteiger partial charge on any atom is 0.479 e. The Morgan fingerprint density at radius 2 is 1.58 bits per heavy atom. The zero-order valence-electron chi connectivity index (χ0n) is 27.7. The molecule has 4 aromatic heterocycles. The lowest BCUT2D eigenvalue weighted by Gasteiger charge is -2.26. The molecule has 2 aliphatic heterocycles. The summed E-state index contributed by atoms with van der Waals surface area (Å²) in [5.74, 6) is -1.05. The molecule has 6 rings (SSSR count). The summed E-state index contributed by atoms with van der Waals surface area (Å²) in [6.45, 7) is 0.823. The number of nitrogen functional groups attached to an aromatic ring is 2. The van der Waals surface area contributed by atoms with Crippen LogP contribution in [0, 0.1) is 0 Å². The number of hydrogen-bond donors (Lipinski definition) is 10. The summed E-state index contributed by atoms with van der Waals surface area (Å²) in [5, 5.41) is 52.8. The molecule has 26 nitrogen and oxygen atoms in total. The standard InChI is InChI=1S/C24H35N10O16P3/c1-8(4-9-13(35)15(37)21(47-9)33-6-27-11-17(33)28-23(25)30-19(11)39)52(42,43)49-51(3,41)50-53(44,45)46-5-10-14(36)16(38)22(48-10)34-7-32(2)12-18(34)29-24(26)31-20(12)40/h6-10,13-16,21-22,35-38H,4-5H2,1-3H3,(H7-,25,26,28,29,30,31,39,40,42,43,44,45)/p+1/t8-,9-,10-,13+,14?,15+,16?,21-,22-,51?/m1/s1. The number of H-pyrrole nitrogens is 1. The topological polar surface area (TPSA) is 389 Å². The number of aliphatic hydroxyl groups is 4. The number of phosphoric acid groups is 1. The van der Waals surface area contributed by atoms with Crippen LogP contribution in [0.2, 0.25) is 0 Å². The summed E-state index contributed by atoms with van der Waals surface area (Å²) in [6.07, 6.45) is -10.3. The molecule has 0 amide bonds. The Hall–Kier alpha value is -3.45. The van der Waals surface area contributed by atoms with Crippen LogP contribution in [0.5, 0.6) is 5.88 Å². The zero-order chi connectivity index (χ0) is 38.9. The van der Waals surface area contributed by atoms with E-state index in [1.807, 2.05) is 0 Å². The molecule has 29 heteroatoms. The molecular weight excluding hydrogens is 777 g/mol. The van der Waals surface area contributed by atoms with Crippen LogP contribution in [0.1, 0.15) is 25.8 Å². The van der Waals surface area contributed by atoms with Crippen LogP contribution in [-0.2, 0) is 43.4 Å². The van der Waals surface area contributed by atoms with Crippen molar-refractivity contribution < 1.29 is 76.2 Å². The second-order valence-corrected chi connectivity index (χ2v) is 18.5. The lowest BCUT2D eigenvalue weighted by molar-refractivity contribution is -0.646. The van der Waals surface area contributed by atoms with E-state index in [1.165, 1.54) is 22.5 Å². The highest BCUT2D eigenvalue weighted by Gasteiger charge is 2.50. The third-order valence-electron chi connectivity index (χ3n) is 8.48. The van der Waals surface area contributed by atoms with Gasteiger partial charge in [-0.25, -0.2) is 22.7 Å². The Morgan fingerprint density at radius 1 is 0.962 bits per heavy atom. The van der Waals surface area contributed by atoms with Crippen LogP contribution in [0.3, 0.4) is 0 Å². The van der Waals surface area contributed by atoms with Gasteiger partial charge in [0.15, 0.2) is 17.4 Å². The van der Waals surface area contributed by atoms with E-state index in [-0.39, 0.29) is 34.2 Å². The molecule has 4 aromatic rings. The van der Waals surface area contributed by atoms with E-state index in [2.05, 4.69) is 29.2 Å². The van der Waals surface area contributed by atoms with Crippen molar-refractivity contribution in [1.82, 2.24) is 34.1 Å². The predicted octanol–water partition coefficient (Wildman–Crippen LogP) is -2.57. The molecule has 53 heavy (non-hydrogen) atoms. The number of nitrogens with two attached hydrogens (primary N) is 2. The van der Waals surface area contributed by atoms with E-state index in [1.54, 1.807) is 0 Å². The van der Waals surface area contributed by atoms with Gasteiger partial charge < -0.3 is 56.3 Å². The molecule has 0 saturated carbocycles. The molecule has 2 aliphatic rings. The first-order valence-corrected chi connectivity index (χ1v) is 20.5. The van der Waals surface area contributed by atoms with Gasteiger partial charge in [0, 0.05) is 6.66 Å². The normalized spacial score (nSPS) is 30.4. The molecule has 2 fully saturated rings. The van der Waals surface area contributed by atoms with E-state index >= 15 is 0 Å². The fourth-order valence-electron chi connectivity index (χ4n) is 5.96. The average molecular weight is 814 g/mol. The summed E-state index contributed by atoms with van der Waals surface area (Å²) < 4.78 is 68.4. The molecule has 12 atom stereocenters. The molecule has 0 spiro atoms. The van der Waals surface area contributed by atoms with Gasteiger partial charge in [-0.3, -0.25) is 28.0 Å². The fourth-order valence-corrected chi connectivity index (χ4v) is 11.2. The minimum atomic E-state index is -5.40. The number of nitrogens with one attached hydrogen (secondary N) is 1. The number of ether oxygens (including phenoxy) is 2. The van der Waals surface area contributed by atoms with Crippen molar-refractivity contribution in [1.29, 1.82) is 0 Å². The largest absolute Gasteiger partial charge is 0.490 e. The van der Waals surface area contributed by atoms with E-state index < -0.39 is 102 Å². The highest BCUT2D eigenvalue weighted by molar-refractivity contribution is 7.71. The molecule has 0 bridgehead atoms. The fraction of sp³-hybridized carbons (Fsp3) is 0.583. The average Bonchev–Trinajstić information content (AvgIpc) is 3.75. The second kappa shape index (κ2) is 14.0. The van der Waals surface area contributed by atoms with Gasteiger partial charge in [-0.15, -0.1) is 0 Å². The van der Waals surface area contributed by atoms with Crippen LogP contribution in [0.15, 0.2) is 17.4 Å². The van der Waals surface area contributed by atoms with Crippen molar-refractivity contribution >= 4 is 57.2 Å². The van der Waals surface area contributed by atoms with Crippen LogP contribution >= 0.6 is 23.0 Å². The van der Waals surface area contributed by atoms with Crippen molar-refractivity contribution in [3.63, 3.8) is 0 Å². The number of aliphatic hydroxyl groups excluding tert-OH is 4. The number of anilines is 2. The SMILES string of the molecule is C[C@H](C[C@H]1O[C@@H](n2cnc3c(=O)[nH]c(N)nc32)[C@@H](O)[C@H]1O)P(=O)(O)OP(C)(=O)OP(=O)(O)OC[C@H]1O[C@@H](n2c[n+](C)c3c(O)nc(N)nc32)C(O)C1O. The molecule has 0 radical (unpaired) electrons. The predicted molar refractivity (Wildman–Crippen MR) is 175 cm³/mol. The molecule has 292 valence electrons. The van der Waals surface area contributed by atoms with Gasteiger partial charge in [0.1, 0.15) is 30.5 Å². The highest BCUT2D eigenvalue weighted by Crippen LogP contribution is 2.69. The molecule has 6 heterocycles. The van der Waals surface area contributed by atoms with Crippen molar-refractivity contribution in [2.45, 2.75) is 68.1 Å². The quantitative estimate of drug-likeness (QED) is 0.0519. The Morgan fingerprint density at radius 3 is 2.26 bits per heavy atom. The van der Waals surface area contributed by atoms with Crippen LogP contribution < -0.4 is 21.6 Å². The zero-order valence-corrected chi connectivity index (χ0v) is 30.4. The number of fused-ring (bicyclic) bond motifs is 2. The van der Waals surface area contributed by atoms with E-state index in [9.17, 15) is 53.8 Å². The molecular formula is C24H36N10O16P3+. The van der Waals surface area contributed by atoms with Crippen molar-refractivity contribution in [3.05, 3.63) is 23.0 Å². The van der Waals surface area contributed by atoms with Crippen molar-refractivity contribution in [2.24, 2.45) is 7.05 Å². The highest BCUT2D eigenvalue weighted by atomic mass is 31.3. The summed E-state index contributed by atoms with van der Waals surface area (Å²) in [6, 6.07) is 0. The van der Waals surface area contributed by atoms with E-state index in [0.717, 1.165) is 17.8 Å². The van der Waals surface area contributed by atoms with Crippen LogP contribution in [0.25, 0.3) is 22.3 Å². The van der Waals surface area contributed by atoms with Crippen molar-refractivity contribution in [2.75, 3.05) is 24.7 Å². The molecule has 0 aliphatic carbocycles. The third-order valence-corrected chi connectivity index (χ3v) is 14.4. The number of aromatic hydroxyl groups is 1. The van der Waals surface area contributed by atoms with Gasteiger partial charge in [-0.2, -0.15) is 19.5 Å². The summed E-state index contributed by atoms with van der Waals surface area (Å²) in [7, 11) is -13.8. The number of aryl methyl sites for hydroxylation is 1. The maximum absolute atomic E-state index is 13.2. The third kappa shape index (κ3) is 7.61.